The number of carbonyl (C=O) groups excluding carboxylic acids is 1. The number of aliphatic carboxylic acids is 1. The number of ether oxygens (including phenoxy) is 1. The number of nitrogens with one attached hydrogen (secondary N) is 1. The number of benzene rings is 2. The number of halogens is 1. The zero-order chi connectivity index (χ0) is 20.0. The summed E-state index contributed by atoms with van der Waals surface area (Å²) in [5.74, 6) is -1.01. The molecular weight excluding hydrogens is 366 g/mol. The van der Waals surface area contributed by atoms with Gasteiger partial charge in [-0.05, 0) is 28.7 Å². The molecule has 0 aliphatic heterocycles. The fourth-order valence-corrected chi connectivity index (χ4v) is 2.77. The Morgan fingerprint density at radius 1 is 1.11 bits per heavy atom. The number of rotatable bonds is 7. The van der Waals surface area contributed by atoms with Crippen LogP contribution in [0.3, 0.4) is 0 Å². The van der Waals surface area contributed by atoms with Gasteiger partial charge in [-0.2, -0.15) is 0 Å². The van der Waals surface area contributed by atoms with Crippen LogP contribution in [0.25, 0.3) is 0 Å². The van der Waals surface area contributed by atoms with Crippen molar-refractivity contribution in [2.24, 2.45) is 0 Å². The maximum absolute atomic E-state index is 12.2. The van der Waals surface area contributed by atoms with Gasteiger partial charge in [0.05, 0.1) is 17.5 Å². The molecule has 1 atom stereocenters. The van der Waals surface area contributed by atoms with Crippen molar-refractivity contribution < 1.29 is 19.4 Å². The van der Waals surface area contributed by atoms with E-state index in [-0.39, 0.29) is 18.4 Å². The lowest BCUT2D eigenvalue weighted by atomic mass is 9.86. The summed E-state index contributed by atoms with van der Waals surface area (Å²) in [6.45, 7) is 6.06. The summed E-state index contributed by atoms with van der Waals surface area (Å²) in [4.78, 5) is 23.5. The molecule has 2 aromatic rings. The van der Waals surface area contributed by atoms with Gasteiger partial charge in [0.25, 0.3) is 5.91 Å². The summed E-state index contributed by atoms with van der Waals surface area (Å²) in [5, 5.41) is 12.3. The zero-order valence-electron chi connectivity index (χ0n) is 15.7. The van der Waals surface area contributed by atoms with E-state index in [2.05, 4.69) is 26.1 Å². The molecule has 27 heavy (non-hydrogen) atoms. The smallest absolute Gasteiger partial charge is 0.305 e. The second-order valence-corrected chi connectivity index (χ2v) is 7.72. The summed E-state index contributed by atoms with van der Waals surface area (Å²) in [6, 6.07) is 13.8. The van der Waals surface area contributed by atoms with Gasteiger partial charge in [0.15, 0.2) is 6.61 Å². The second-order valence-electron chi connectivity index (χ2n) is 7.31. The maximum atomic E-state index is 12.2. The van der Waals surface area contributed by atoms with Crippen molar-refractivity contribution in [3.63, 3.8) is 0 Å². The summed E-state index contributed by atoms with van der Waals surface area (Å²) < 4.78 is 5.41. The van der Waals surface area contributed by atoms with Crippen molar-refractivity contribution in [2.45, 2.75) is 38.6 Å². The lowest BCUT2D eigenvalue weighted by Crippen LogP contribution is -2.34. The molecule has 0 aliphatic rings. The van der Waals surface area contributed by atoms with E-state index < -0.39 is 17.9 Å². The minimum absolute atomic E-state index is 0.00708. The molecule has 0 radical (unpaired) electrons. The highest BCUT2D eigenvalue weighted by molar-refractivity contribution is 6.32. The summed E-state index contributed by atoms with van der Waals surface area (Å²) in [5.41, 5.74) is 1.86. The summed E-state index contributed by atoms with van der Waals surface area (Å²) in [6.07, 6.45) is -0.216. The minimum Gasteiger partial charge on any atom is -0.482 e. The van der Waals surface area contributed by atoms with E-state index in [4.69, 9.17) is 16.3 Å². The van der Waals surface area contributed by atoms with E-state index in [0.717, 1.165) is 11.1 Å². The third kappa shape index (κ3) is 6.29. The predicted octanol–water partition coefficient (Wildman–Crippen LogP) is 4.35. The Hall–Kier alpha value is -2.53. The summed E-state index contributed by atoms with van der Waals surface area (Å²) >= 11 is 6.00. The molecule has 2 N–H and O–H groups in total. The second kappa shape index (κ2) is 8.91. The molecule has 0 bridgehead atoms. The van der Waals surface area contributed by atoms with Gasteiger partial charge in [0.2, 0.25) is 0 Å². The molecule has 0 saturated heterocycles. The van der Waals surface area contributed by atoms with Crippen LogP contribution in [0.4, 0.5) is 0 Å². The van der Waals surface area contributed by atoms with Gasteiger partial charge in [0.1, 0.15) is 5.75 Å². The first kappa shape index (κ1) is 20.8. The van der Waals surface area contributed by atoms with Gasteiger partial charge in [0, 0.05) is 0 Å². The first-order valence-electron chi connectivity index (χ1n) is 8.66. The van der Waals surface area contributed by atoms with Gasteiger partial charge in [-0.15, -0.1) is 0 Å². The lowest BCUT2D eigenvalue weighted by Gasteiger charge is -2.22. The Kier molecular flexibility index (Phi) is 6.86. The Morgan fingerprint density at radius 3 is 2.30 bits per heavy atom. The first-order chi connectivity index (χ1) is 12.7. The third-order valence-corrected chi connectivity index (χ3v) is 4.40. The molecule has 0 aliphatic carbocycles. The third-order valence-electron chi connectivity index (χ3n) is 4.09. The molecule has 144 valence electrons. The number of para-hydroxylation sites is 1. The Labute approximate surface area is 164 Å². The van der Waals surface area contributed by atoms with Crippen molar-refractivity contribution in [1.82, 2.24) is 5.32 Å². The zero-order valence-corrected chi connectivity index (χ0v) is 16.4. The molecule has 0 spiro atoms. The number of carboxylic acids is 1. The highest BCUT2D eigenvalue weighted by Crippen LogP contribution is 2.25. The first-order valence-corrected chi connectivity index (χ1v) is 9.03. The molecule has 0 fully saturated rings. The van der Waals surface area contributed by atoms with E-state index >= 15 is 0 Å². The molecule has 0 unspecified atom stereocenters. The van der Waals surface area contributed by atoms with E-state index in [1.165, 1.54) is 0 Å². The van der Waals surface area contributed by atoms with Crippen molar-refractivity contribution in [3.8, 4) is 5.75 Å². The normalized spacial score (nSPS) is 12.3. The van der Waals surface area contributed by atoms with E-state index in [1.807, 2.05) is 24.3 Å². The van der Waals surface area contributed by atoms with Crippen molar-refractivity contribution in [1.29, 1.82) is 0 Å². The molecule has 0 heterocycles. The summed E-state index contributed by atoms with van der Waals surface area (Å²) in [7, 11) is 0. The molecule has 0 saturated carbocycles. The van der Waals surface area contributed by atoms with Crippen LogP contribution in [0.5, 0.6) is 5.75 Å². The van der Waals surface area contributed by atoms with E-state index in [1.54, 1.807) is 24.3 Å². The lowest BCUT2D eigenvalue weighted by molar-refractivity contribution is -0.137. The number of hydrogen-bond acceptors (Lipinski definition) is 3. The maximum Gasteiger partial charge on any atom is 0.305 e. The standard InChI is InChI=1S/C21H24ClNO4/c1-21(2,3)15-10-8-14(9-11-15)17(12-20(25)26)23-19(24)13-27-18-7-5-4-6-16(18)22/h4-11,17H,12-13H2,1-3H3,(H,23,24)(H,25,26)/t17-/m1/s1. The SMILES string of the molecule is CC(C)(C)c1ccc([C@@H](CC(=O)O)NC(=O)COc2ccccc2Cl)cc1. The average Bonchev–Trinajstić information content (AvgIpc) is 2.59. The van der Waals surface area contributed by atoms with Crippen LogP contribution < -0.4 is 10.1 Å². The number of amides is 1. The highest BCUT2D eigenvalue weighted by atomic mass is 35.5. The van der Waals surface area contributed by atoms with Crippen LogP contribution in [-0.2, 0) is 15.0 Å². The topological polar surface area (TPSA) is 75.6 Å². The quantitative estimate of drug-likeness (QED) is 0.738. The molecular formula is C21H24ClNO4. The van der Waals surface area contributed by atoms with Crippen molar-refractivity contribution in [2.75, 3.05) is 6.61 Å². The Bertz CT molecular complexity index is 797. The van der Waals surface area contributed by atoms with Gasteiger partial charge in [-0.3, -0.25) is 9.59 Å². The van der Waals surface area contributed by atoms with Crippen LogP contribution in [0.2, 0.25) is 5.02 Å². The van der Waals surface area contributed by atoms with Crippen LogP contribution in [0.1, 0.15) is 44.4 Å². The minimum atomic E-state index is -0.993. The van der Waals surface area contributed by atoms with Crippen LogP contribution in [-0.4, -0.2) is 23.6 Å². The highest BCUT2D eigenvalue weighted by Gasteiger charge is 2.20. The van der Waals surface area contributed by atoms with Crippen molar-refractivity contribution >= 4 is 23.5 Å². The van der Waals surface area contributed by atoms with E-state index in [9.17, 15) is 14.7 Å². The van der Waals surface area contributed by atoms with Gasteiger partial charge in [-0.1, -0.05) is 68.8 Å². The largest absolute Gasteiger partial charge is 0.482 e. The Morgan fingerprint density at radius 2 is 1.74 bits per heavy atom. The molecule has 5 nitrogen and oxygen atoms in total. The fraction of sp³-hybridized carbons (Fsp3) is 0.333. The predicted molar refractivity (Wildman–Crippen MR) is 105 cm³/mol. The van der Waals surface area contributed by atoms with Crippen LogP contribution in [0, 0.1) is 0 Å². The van der Waals surface area contributed by atoms with Crippen LogP contribution >= 0.6 is 11.6 Å². The number of hydrogen-bond donors (Lipinski definition) is 2. The number of carbonyl (C=O) groups is 2. The average molecular weight is 390 g/mol. The Balaban J connectivity index is 2.06. The van der Waals surface area contributed by atoms with Crippen molar-refractivity contribution in [3.05, 3.63) is 64.7 Å². The molecule has 2 aromatic carbocycles. The fourth-order valence-electron chi connectivity index (χ4n) is 2.58. The molecule has 6 heteroatoms. The van der Waals surface area contributed by atoms with Gasteiger partial charge >= 0.3 is 5.97 Å². The molecule has 0 aromatic heterocycles. The van der Waals surface area contributed by atoms with Gasteiger partial charge < -0.3 is 15.2 Å². The number of carboxylic acid groups (broad SMARTS) is 1. The monoisotopic (exact) mass is 389 g/mol. The van der Waals surface area contributed by atoms with Gasteiger partial charge in [-0.25, -0.2) is 0 Å². The van der Waals surface area contributed by atoms with Crippen LogP contribution in [0.15, 0.2) is 48.5 Å². The van der Waals surface area contributed by atoms with E-state index in [0.29, 0.717) is 10.8 Å². The molecule has 1 amide bonds. The molecule has 2 rings (SSSR count).